The van der Waals surface area contributed by atoms with Gasteiger partial charge in [-0.2, -0.15) is 0 Å². The fraction of sp³-hybridized carbons (Fsp3) is 0.562. The molecule has 0 saturated heterocycles. The van der Waals surface area contributed by atoms with E-state index in [9.17, 15) is 4.79 Å². The first-order chi connectivity index (χ1) is 8.29. The van der Waals surface area contributed by atoms with Gasteiger partial charge in [0.05, 0.1) is 0 Å². The van der Waals surface area contributed by atoms with Gasteiger partial charge in [-0.25, -0.2) is 0 Å². The number of benzene rings is 1. The van der Waals surface area contributed by atoms with Gasteiger partial charge in [0.15, 0.2) is 0 Å². The van der Waals surface area contributed by atoms with Gasteiger partial charge in [0.1, 0.15) is 0 Å². The molecular formula is C16H23NO. The quantitative estimate of drug-likeness (QED) is 0.849. The first-order valence-corrected chi connectivity index (χ1v) is 6.73. The Kier molecular flexibility index (Phi) is 3.22. The zero-order valence-electron chi connectivity index (χ0n) is 12.1. The second-order valence-electron chi connectivity index (χ2n) is 6.70. The van der Waals surface area contributed by atoms with Gasteiger partial charge >= 0.3 is 0 Å². The predicted molar refractivity (Wildman–Crippen MR) is 74.9 cm³/mol. The van der Waals surface area contributed by atoms with E-state index in [0.717, 1.165) is 12.0 Å². The van der Waals surface area contributed by atoms with Crippen molar-refractivity contribution in [2.24, 2.45) is 5.92 Å². The summed E-state index contributed by atoms with van der Waals surface area (Å²) in [6, 6.07) is 4.37. The van der Waals surface area contributed by atoms with E-state index in [4.69, 9.17) is 0 Å². The van der Waals surface area contributed by atoms with Gasteiger partial charge in [-0.1, -0.05) is 40.7 Å². The number of carbonyl (C=O) groups is 1. The van der Waals surface area contributed by atoms with Crippen molar-refractivity contribution >= 4 is 5.91 Å². The van der Waals surface area contributed by atoms with Crippen LogP contribution >= 0.6 is 0 Å². The Morgan fingerprint density at radius 2 is 1.94 bits per heavy atom. The SMILES string of the molecule is CC(C)Cc1cc2c(c(C(C)(C)C)c1)CNC2=O. The van der Waals surface area contributed by atoms with E-state index in [1.54, 1.807) is 0 Å². The van der Waals surface area contributed by atoms with Crippen molar-refractivity contribution < 1.29 is 4.79 Å². The van der Waals surface area contributed by atoms with Crippen LogP contribution in [0, 0.1) is 5.92 Å². The van der Waals surface area contributed by atoms with Gasteiger partial charge in [-0.05, 0) is 40.5 Å². The average molecular weight is 245 g/mol. The molecule has 0 radical (unpaired) electrons. The molecule has 1 aromatic carbocycles. The summed E-state index contributed by atoms with van der Waals surface area (Å²) in [5.41, 5.74) is 4.77. The van der Waals surface area contributed by atoms with E-state index in [0.29, 0.717) is 12.5 Å². The molecule has 0 unspecified atom stereocenters. The molecule has 0 aliphatic carbocycles. The molecule has 1 heterocycles. The van der Waals surface area contributed by atoms with Crippen molar-refractivity contribution in [2.75, 3.05) is 0 Å². The van der Waals surface area contributed by atoms with Crippen LogP contribution in [0.2, 0.25) is 0 Å². The second-order valence-corrected chi connectivity index (χ2v) is 6.70. The van der Waals surface area contributed by atoms with Crippen LogP contribution in [0.15, 0.2) is 12.1 Å². The molecule has 0 spiro atoms. The summed E-state index contributed by atoms with van der Waals surface area (Å²) in [7, 11) is 0. The molecule has 2 nitrogen and oxygen atoms in total. The highest BCUT2D eigenvalue weighted by molar-refractivity contribution is 5.99. The summed E-state index contributed by atoms with van der Waals surface area (Å²) in [5, 5.41) is 2.94. The Labute approximate surface area is 110 Å². The molecule has 98 valence electrons. The Morgan fingerprint density at radius 3 is 2.50 bits per heavy atom. The summed E-state index contributed by atoms with van der Waals surface area (Å²) >= 11 is 0. The predicted octanol–water partition coefficient (Wildman–Crippen LogP) is 3.43. The third kappa shape index (κ3) is 2.43. The number of hydrogen-bond acceptors (Lipinski definition) is 1. The molecule has 1 N–H and O–H groups in total. The van der Waals surface area contributed by atoms with Crippen LogP contribution in [0.3, 0.4) is 0 Å². The highest BCUT2D eigenvalue weighted by atomic mass is 16.1. The molecular weight excluding hydrogens is 222 g/mol. The zero-order valence-corrected chi connectivity index (χ0v) is 12.1. The Balaban J connectivity index is 2.55. The van der Waals surface area contributed by atoms with E-state index >= 15 is 0 Å². The van der Waals surface area contributed by atoms with Gasteiger partial charge in [-0.3, -0.25) is 4.79 Å². The number of rotatable bonds is 2. The number of hydrogen-bond donors (Lipinski definition) is 1. The van der Waals surface area contributed by atoms with Crippen molar-refractivity contribution in [3.8, 4) is 0 Å². The molecule has 0 saturated carbocycles. The molecule has 1 amide bonds. The van der Waals surface area contributed by atoms with Gasteiger partial charge in [0.2, 0.25) is 0 Å². The first kappa shape index (κ1) is 13.1. The van der Waals surface area contributed by atoms with Gasteiger partial charge in [0.25, 0.3) is 5.91 Å². The van der Waals surface area contributed by atoms with Crippen LogP contribution < -0.4 is 5.32 Å². The lowest BCUT2D eigenvalue weighted by Gasteiger charge is -2.23. The third-order valence-electron chi connectivity index (χ3n) is 3.43. The maximum Gasteiger partial charge on any atom is 0.251 e. The largest absolute Gasteiger partial charge is 0.348 e. The van der Waals surface area contributed by atoms with Crippen molar-refractivity contribution in [3.05, 3.63) is 34.4 Å². The van der Waals surface area contributed by atoms with Gasteiger partial charge in [0, 0.05) is 12.1 Å². The van der Waals surface area contributed by atoms with E-state index in [1.807, 2.05) is 0 Å². The average Bonchev–Trinajstić information content (AvgIpc) is 2.57. The van der Waals surface area contributed by atoms with Crippen LogP contribution in [0.1, 0.15) is 61.7 Å². The molecule has 1 aliphatic rings. The van der Waals surface area contributed by atoms with Crippen molar-refractivity contribution in [1.82, 2.24) is 5.32 Å². The van der Waals surface area contributed by atoms with Crippen LogP contribution in [0.25, 0.3) is 0 Å². The third-order valence-corrected chi connectivity index (χ3v) is 3.43. The molecule has 1 aliphatic heterocycles. The molecule has 2 heteroatoms. The van der Waals surface area contributed by atoms with Crippen molar-refractivity contribution in [1.29, 1.82) is 0 Å². The Morgan fingerprint density at radius 1 is 1.28 bits per heavy atom. The summed E-state index contributed by atoms with van der Waals surface area (Å²) in [6.07, 6.45) is 1.03. The van der Waals surface area contributed by atoms with Crippen LogP contribution in [-0.2, 0) is 18.4 Å². The maximum atomic E-state index is 11.9. The molecule has 0 fully saturated rings. The lowest BCUT2D eigenvalue weighted by atomic mass is 9.81. The summed E-state index contributed by atoms with van der Waals surface area (Å²) in [4.78, 5) is 11.9. The summed E-state index contributed by atoms with van der Waals surface area (Å²) in [5.74, 6) is 0.696. The molecule has 0 aromatic heterocycles. The highest BCUT2D eigenvalue weighted by Gasteiger charge is 2.27. The minimum Gasteiger partial charge on any atom is -0.348 e. The van der Waals surface area contributed by atoms with Gasteiger partial charge in [-0.15, -0.1) is 0 Å². The van der Waals surface area contributed by atoms with Crippen LogP contribution in [0.4, 0.5) is 0 Å². The van der Waals surface area contributed by atoms with Crippen molar-refractivity contribution in [3.63, 3.8) is 0 Å². The van der Waals surface area contributed by atoms with Crippen molar-refractivity contribution in [2.45, 2.75) is 53.0 Å². The second kappa shape index (κ2) is 4.42. The van der Waals surface area contributed by atoms with E-state index in [2.05, 4.69) is 52.1 Å². The maximum absolute atomic E-state index is 11.9. The Bertz CT molecular complexity index is 481. The minimum atomic E-state index is 0.0844. The molecule has 2 rings (SSSR count). The first-order valence-electron chi connectivity index (χ1n) is 6.73. The number of fused-ring (bicyclic) bond motifs is 1. The lowest BCUT2D eigenvalue weighted by Crippen LogP contribution is -2.15. The number of carbonyl (C=O) groups excluding carboxylic acids is 1. The molecule has 0 bridgehead atoms. The van der Waals surface area contributed by atoms with E-state index in [-0.39, 0.29) is 11.3 Å². The van der Waals surface area contributed by atoms with E-state index in [1.165, 1.54) is 16.7 Å². The zero-order chi connectivity index (χ0) is 13.5. The normalized spacial score (nSPS) is 14.9. The molecule has 18 heavy (non-hydrogen) atoms. The monoisotopic (exact) mass is 245 g/mol. The van der Waals surface area contributed by atoms with Crippen LogP contribution in [-0.4, -0.2) is 5.91 Å². The van der Waals surface area contributed by atoms with E-state index < -0.39 is 0 Å². The fourth-order valence-corrected chi connectivity index (χ4v) is 2.65. The lowest BCUT2D eigenvalue weighted by molar-refractivity contribution is 0.0965. The molecule has 1 aromatic rings. The number of nitrogens with one attached hydrogen (secondary N) is 1. The summed E-state index contributed by atoms with van der Waals surface area (Å²) in [6.45, 7) is 11.7. The minimum absolute atomic E-state index is 0.0844. The standard InChI is InChI=1S/C16H23NO/c1-10(2)6-11-7-12-13(9-17-15(12)18)14(8-11)16(3,4)5/h7-8,10H,6,9H2,1-5H3,(H,17,18). The topological polar surface area (TPSA) is 29.1 Å². The molecule has 0 atom stereocenters. The number of amides is 1. The fourth-order valence-electron chi connectivity index (χ4n) is 2.65. The smallest absolute Gasteiger partial charge is 0.251 e. The van der Waals surface area contributed by atoms with Gasteiger partial charge < -0.3 is 5.32 Å². The highest BCUT2D eigenvalue weighted by Crippen LogP contribution is 2.32. The Hall–Kier alpha value is -1.31. The summed E-state index contributed by atoms with van der Waals surface area (Å²) < 4.78 is 0. The van der Waals surface area contributed by atoms with Crippen LogP contribution in [0.5, 0.6) is 0 Å².